The summed E-state index contributed by atoms with van der Waals surface area (Å²) in [6.45, 7) is 1.47. The molecule has 0 aromatic heterocycles. The topological polar surface area (TPSA) is 78.2 Å². The number of anilines is 2. The molecule has 27 heavy (non-hydrogen) atoms. The molecule has 3 aromatic carbocycles. The van der Waals surface area contributed by atoms with Gasteiger partial charge < -0.3 is 5.32 Å². The second-order valence-electron chi connectivity index (χ2n) is 5.71. The molecule has 6 nitrogen and oxygen atoms in total. The number of hydrazone groups is 1. The fourth-order valence-corrected chi connectivity index (χ4v) is 2.28. The fourth-order valence-electron chi connectivity index (χ4n) is 2.28. The van der Waals surface area contributed by atoms with Crippen LogP contribution in [0.5, 0.6) is 0 Å². The molecule has 3 rings (SSSR count). The molecule has 0 heterocycles. The Kier molecular flexibility index (Phi) is 6.04. The van der Waals surface area contributed by atoms with Gasteiger partial charge in [-0.1, -0.05) is 36.4 Å². The van der Waals surface area contributed by atoms with Crippen molar-refractivity contribution in [1.29, 1.82) is 0 Å². The van der Waals surface area contributed by atoms with Gasteiger partial charge in [-0.05, 0) is 48.5 Å². The van der Waals surface area contributed by atoms with Gasteiger partial charge in [-0.2, -0.15) is 5.10 Å². The van der Waals surface area contributed by atoms with Crippen LogP contribution in [-0.2, 0) is 4.79 Å². The standard InChI is InChI=1S/C21H19N5O/c1-16(27)22-18-14-12-17(13-15-18)21(25-23-19-8-4-2-5-9-19)26-24-20-10-6-3-7-11-20/h2-15,23H,1H3,(H,22,27). The van der Waals surface area contributed by atoms with Crippen molar-refractivity contribution in [1.82, 2.24) is 0 Å². The first-order valence-electron chi connectivity index (χ1n) is 8.44. The maximum atomic E-state index is 11.2. The Hall–Kier alpha value is -3.80. The van der Waals surface area contributed by atoms with E-state index in [1.165, 1.54) is 6.92 Å². The van der Waals surface area contributed by atoms with Crippen molar-refractivity contribution >= 4 is 28.8 Å². The van der Waals surface area contributed by atoms with E-state index in [9.17, 15) is 4.79 Å². The predicted octanol–water partition coefficient (Wildman–Crippen LogP) is 5.20. The molecular weight excluding hydrogens is 338 g/mol. The summed E-state index contributed by atoms with van der Waals surface area (Å²) >= 11 is 0. The maximum Gasteiger partial charge on any atom is 0.221 e. The lowest BCUT2D eigenvalue weighted by molar-refractivity contribution is -0.114. The quantitative estimate of drug-likeness (QED) is 0.285. The van der Waals surface area contributed by atoms with Crippen LogP contribution in [0.4, 0.5) is 17.1 Å². The van der Waals surface area contributed by atoms with E-state index in [-0.39, 0.29) is 5.91 Å². The van der Waals surface area contributed by atoms with E-state index in [1.54, 1.807) is 12.1 Å². The second-order valence-corrected chi connectivity index (χ2v) is 5.71. The van der Waals surface area contributed by atoms with E-state index < -0.39 is 0 Å². The normalized spacial score (nSPS) is 11.4. The van der Waals surface area contributed by atoms with Gasteiger partial charge in [0.25, 0.3) is 0 Å². The number of para-hydroxylation sites is 1. The first-order valence-corrected chi connectivity index (χ1v) is 8.44. The third kappa shape index (κ3) is 5.61. The van der Waals surface area contributed by atoms with Crippen LogP contribution in [0.2, 0.25) is 0 Å². The van der Waals surface area contributed by atoms with Crippen LogP contribution < -0.4 is 10.7 Å². The molecule has 134 valence electrons. The Labute approximate surface area is 157 Å². The van der Waals surface area contributed by atoms with E-state index in [4.69, 9.17) is 0 Å². The third-order valence-electron chi connectivity index (χ3n) is 3.54. The van der Waals surface area contributed by atoms with Gasteiger partial charge in [-0.3, -0.25) is 10.2 Å². The molecule has 0 bridgehead atoms. The zero-order valence-electron chi connectivity index (χ0n) is 14.8. The van der Waals surface area contributed by atoms with Gasteiger partial charge in [-0.25, -0.2) is 0 Å². The number of rotatable bonds is 5. The third-order valence-corrected chi connectivity index (χ3v) is 3.54. The number of hydrogen-bond acceptors (Lipinski definition) is 4. The summed E-state index contributed by atoms with van der Waals surface area (Å²) in [4.78, 5) is 11.2. The SMILES string of the molecule is CC(=O)Nc1ccc(C(N=Nc2ccccc2)=NNc2ccccc2)cc1. The first-order chi connectivity index (χ1) is 13.2. The summed E-state index contributed by atoms with van der Waals surface area (Å²) in [5.74, 6) is 0.309. The number of azo groups is 1. The second kappa shape index (κ2) is 9.05. The maximum absolute atomic E-state index is 11.2. The van der Waals surface area contributed by atoms with E-state index in [0.29, 0.717) is 11.5 Å². The number of carbonyl (C=O) groups is 1. The predicted molar refractivity (Wildman–Crippen MR) is 108 cm³/mol. The average molecular weight is 357 g/mol. The van der Waals surface area contributed by atoms with Gasteiger partial charge in [-0.15, -0.1) is 10.2 Å². The Morgan fingerprint density at radius 1 is 0.778 bits per heavy atom. The highest BCUT2D eigenvalue weighted by atomic mass is 16.1. The molecule has 0 fully saturated rings. The van der Waals surface area contributed by atoms with Crippen molar-refractivity contribution in [2.75, 3.05) is 10.7 Å². The molecule has 0 saturated heterocycles. The Morgan fingerprint density at radius 3 is 2.04 bits per heavy atom. The molecular formula is C21H19N5O. The van der Waals surface area contributed by atoms with Gasteiger partial charge in [0.05, 0.1) is 11.4 Å². The number of carbonyl (C=O) groups excluding carboxylic acids is 1. The minimum absolute atomic E-state index is 0.119. The number of amides is 1. The Balaban J connectivity index is 1.86. The number of hydrogen-bond donors (Lipinski definition) is 2. The summed E-state index contributed by atoms with van der Waals surface area (Å²) in [7, 11) is 0. The highest BCUT2D eigenvalue weighted by Crippen LogP contribution is 2.15. The summed E-state index contributed by atoms with van der Waals surface area (Å²) in [5.41, 5.74) is 6.05. The summed E-state index contributed by atoms with van der Waals surface area (Å²) < 4.78 is 0. The van der Waals surface area contributed by atoms with Crippen LogP contribution in [0.25, 0.3) is 0 Å². The van der Waals surface area contributed by atoms with Gasteiger partial charge >= 0.3 is 0 Å². The van der Waals surface area contributed by atoms with Crippen LogP contribution in [0.15, 0.2) is 100 Å². The minimum Gasteiger partial charge on any atom is -0.326 e. The molecule has 0 aliphatic heterocycles. The van der Waals surface area contributed by atoms with Gasteiger partial charge in [0.1, 0.15) is 0 Å². The highest BCUT2D eigenvalue weighted by molar-refractivity contribution is 6.00. The van der Waals surface area contributed by atoms with Crippen LogP contribution in [0.1, 0.15) is 12.5 Å². The lowest BCUT2D eigenvalue weighted by Crippen LogP contribution is -2.06. The van der Waals surface area contributed by atoms with E-state index >= 15 is 0 Å². The Morgan fingerprint density at radius 2 is 1.41 bits per heavy atom. The minimum atomic E-state index is -0.119. The molecule has 2 N–H and O–H groups in total. The van der Waals surface area contributed by atoms with Crippen molar-refractivity contribution in [2.45, 2.75) is 6.92 Å². The number of nitrogens with one attached hydrogen (secondary N) is 2. The average Bonchev–Trinajstić information content (AvgIpc) is 2.70. The van der Waals surface area contributed by atoms with Crippen LogP contribution in [-0.4, -0.2) is 11.7 Å². The number of nitrogens with zero attached hydrogens (tertiary/aromatic N) is 3. The number of benzene rings is 3. The van der Waals surface area contributed by atoms with Crippen molar-refractivity contribution < 1.29 is 4.79 Å². The van der Waals surface area contributed by atoms with Crippen molar-refractivity contribution in [3.8, 4) is 0 Å². The van der Waals surface area contributed by atoms with Gasteiger partial charge in [0.15, 0.2) is 0 Å². The monoisotopic (exact) mass is 357 g/mol. The van der Waals surface area contributed by atoms with E-state index in [1.807, 2.05) is 72.8 Å². The molecule has 0 radical (unpaired) electrons. The lowest BCUT2D eigenvalue weighted by atomic mass is 10.2. The van der Waals surface area contributed by atoms with Crippen LogP contribution >= 0.6 is 0 Å². The first kappa shape index (κ1) is 18.0. The molecule has 3 aromatic rings. The molecule has 0 unspecified atom stereocenters. The summed E-state index contributed by atoms with van der Waals surface area (Å²) in [6.07, 6.45) is 0. The lowest BCUT2D eigenvalue weighted by Gasteiger charge is -2.05. The molecule has 1 amide bonds. The molecule has 0 saturated carbocycles. The smallest absolute Gasteiger partial charge is 0.221 e. The van der Waals surface area contributed by atoms with Crippen molar-refractivity contribution in [3.63, 3.8) is 0 Å². The zero-order chi connectivity index (χ0) is 18.9. The number of amidine groups is 1. The molecule has 0 aliphatic carbocycles. The van der Waals surface area contributed by atoms with Gasteiger partial charge in [0, 0.05) is 18.2 Å². The van der Waals surface area contributed by atoms with Gasteiger partial charge in [0.2, 0.25) is 11.7 Å². The van der Waals surface area contributed by atoms with E-state index in [0.717, 1.165) is 16.9 Å². The van der Waals surface area contributed by atoms with E-state index in [2.05, 4.69) is 26.1 Å². The highest BCUT2D eigenvalue weighted by Gasteiger charge is 2.04. The Bertz CT molecular complexity index is 935. The van der Waals surface area contributed by atoms with Crippen molar-refractivity contribution in [2.24, 2.45) is 15.3 Å². The molecule has 0 atom stereocenters. The summed E-state index contributed by atoms with van der Waals surface area (Å²) in [5, 5.41) is 15.7. The fraction of sp³-hybridized carbons (Fsp3) is 0.0476. The largest absolute Gasteiger partial charge is 0.326 e. The summed E-state index contributed by atoms with van der Waals surface area (Å²) in [6, 6.07) is 26.3. The molecule has 0 aliphatic rings. The molecule has 0 spiro atoms. The zero-order valence-corrected chi connectivity index (χ0v) is 14.8. The van der Waals surface area contributed by atoms with Crippen molar-refractivity contribution in [3.05, 3.63) is 90.5 Å². The van der Waals surface area contributed by atoms with Crippen LogP contribution in [0, 0.1) is 0 Å². The van der Waals surface area contributed by atoms with Crippen LogP contribution in [0.3, 0.4) is 0 Å². The molecule has 6 heteroatoms.